The Morgan fingerprint density at radius 2 is 1.89 bits per heavy atom. The molecular formula is C14H18F3N. The van der Waals surface area contributed by atoms with Crippen molar-refractivity contribution in [2.75, 3.05) is 0 Å². The van der Waals surface area contributed by atoms with Gasteiger partial charge in [-0.3, -0.25) is 0 Å². The molecule has 1 saturated carbocycles. The fraction of sp³-hybridized carbons (Fsp3) is 0.571. The van der Waals surface area contributed by atoms with Crippen molar-refractivity contribution in [1.82, 2.24) is 5.32 Å². The molecule has 0 amide bonds. The Morgan fingerprint density at radius 3 is 2.44 bits per heavy atom. The minimum absolute atomic E-state index is 0.562. The zero-order valence-electron chi connectivity index (χ0n) is 10.4. The summed E-state index contributed by atoms with van der Waals surface area (Å²) in [6.07, 6.45) is -0.600. The Morgan fingerprint density at radius 1 is 1.22 bits per heavy atom. The van der Waals surface area contributed by atoms with Gasteiger partial charge in [0.25, 0.3) is 0 Å². The van der Waals surface area contributed by atoms with Crippen LogP contribution in [0.5, 0.6) is 0 Å². The molecular weight excluding hydrogens is 239 g/mol. The van der Waals surface area contributed by atoms with Gasteiger partial charge in [0.1, 0.15) is 0 Å². The molecule has 1 N–H and O–H groups in total. The van der Waals surface area contributed by atoms with E-state index in [2.05, 4.69) is 12.2 Å². The molecule has 0 aliphatic heterocycles. The van der Waals surface area contributed by atoms with Gasteiger partial charge < -0.3 is 5.32 Å². The van der Waals surface area contributed by atoms with Gasteiger partial charge in [-0.2, -0.15) is 13.2 Å². The van der Waals surface area contributed by atoms with Gasteiger partial charge in [0.2, 0.25) is 0 Å². The first-order chi connectivity index (χ1) is 8.50. The molecule has 1 aromatic rings. The number of rotatable bonds is 5. The van der Waals surface area contributed by atoms with E-state index < -0.39 is 11.7 Å². The van der Waals surface area contributed by atoms with Gasteiger partial charge in [-0.15, -0.1) is 0 Å². The molecule has 0 spiro atoms. The highest BCUT2D eigenvalue weighted by molar-refractivity contribution is 5.24. The maximum Gasteiger partial charge on any atom is 0.416 e. The van der Waals surface area contributed by atoms with Crippen LogP contribution in [-0.4, -0.2) is 6.04 Å². The summed E-state index contributed by atoms with van der Waals surface area (Å²) in [6, 6.07) is 5.95. The van der Waals surface area contributed by atoms with E-state index in [1.165, 1.54) is 19.3 Å². The Kier molecular flexibility index (Phi) is 3.95. The van der Waals surface area contributed by atoms with Crippen molar-refractivity contribution in [3.05, 3.63) is 35.4 Å². The van der Waals surface area contributed by atoms with E-state index in [0.29, 0.717) is 12.6 Å². The molecule has 2 unspecified atom stereocenters. The third kappa shape index (κ3) is 3.48. The van der Waals surface area contributed by atoms with Crippen molar-refractivity contribution in [1.29, 1.82) is 0 Å². The molecule has 1 aliphatic carbocycles. The SMILES string of the molecule is CCCC1CC1NCc1ccc(C(F)(F)F)cc1. The molecule has 0 aromatic heterocycles. The van der Waals surface area contributed by atoms with Gasteiger partial charge in [-0.05, 0) is 36.5 Å². The highest BCUT2D eigenvalue weighted by Gasteiger charge is 2.35. The summed E-state index contributed by atoms with van der Waals surface area (Å²) in [5.41, 5.74) is 0.326. The van der Waals surface area contributed by atoms with Crippen LogP contribution in [-0.2, 0) is 12.7 Å². The zero-order valence-corrected chi connectivity index (χ0v) is 10.4. The molecule has 1 aliphatic rings. The first kappa shape index (κ1) is 13.4. The minimum Gasteiger partial charge on any atom is -0.310 e. The van der Waals surface area contributed by atoms with Crippen LogP contribution in [0.1, 0.15) is 37.3 Å². The lowest BCUT2D eigenvalue weighted by Crippen LogP contribution is -2.17. The van der Waals surface area contributed by atoms with Crippen LogP contribution in [0.25, 0.3) is 0 Å². The molecule has 18 heavy (non-hydrogen) atoms. The van der Waals surface area contributed by atoms with Crippen molar-refractivity contribution in [2.45, 2.75) is 44.9 Å². The number of nitrogens with one attached hydrogen (secondary N) is 1. The fourth-order valence-corrected chi connectivity index (χ4v) is 2.25. The minimum atomic E-state index is -4.24. The predicted octanol–water partition coefficient (Wildman–Crippen LogP) is 3.98. The average Bonchev–Trinajstić information content (AvgIpc) is 3.05. The Balaban J connectivity index is 1.81. The predicted molar refractivity (Wildman–Crippen MR) is 65.1 cm³/mol. The number of hydrogen-bond donors (Lipinski definition) is 1. The van der Waals surface area contributed by atoms with Crippen LogP contribution in [0.15, 0.2) is 24.3 Å². The van der Waals surface area contributed by atoms with E-state index in [0.717, 1.165) is 23.6 Å². The van der Waals surface area contributed by atoms with E-state index in [4.69, 9.17) is 0 Å². The van der Waals surface area contributed by atoms with Crippen molar-refractivity contribution < 1.29 is 13.2 Å². The monoisotopic (exact) mass is 257 g/mol. The van der Waals surface area contributed by atoms with Gasteiger partial charge in [0.05, 0.1) is 5.56 Å². The molecule has 2 atom stereocenters. The van der Waals surface area contributed by atoms with Gasteiger partial charge in [0.15, 0.2) is 0 Å². The summed E-state index contributed by atoms with van der Waals surface area (Å²) in [5, 5.41) is 3.38. The van der Waals surface area contributed by atoms with Gasteiger partial charge in [-0.1, -0.05) is 25.5 Å². The first-order valence-electron chi connectivity index (χ1n) is 6.40. The maximum absolute atomic E-state index is 12.4. The molecule has 2 rings (SSSR count). The molecule has 0 bridgehead atoms. The Hall–Kier alpha value is -1.03. The summed E-state index contributed by atoms with van der Waals surface area (Å²) in [6.45, 7) is 2.83. The number of benzene rings is 1. The Labute approximate surface area is 105 Å². The summed E-state index contributed by atoms with van der Waals surface area (Å²) in [5.74, 6) is 0.768. The highest BCUT2D eigenvalue weighted by Crippen LogP contribution is 2.34. The molecule has 0 radical (unpaired) electrons. The topological polar surface area (TPSA) is 12.0 Å². The van der Waals surface area contributed by atoms with Crippen LogP contribution < -0.4 is 5.32 Å². The van der Waals surface area contributed by atoms with E-state index in [1.54, 1.807) is 12.1 Å². The third-order valence-corrected chi connectivity index (χ3v) is 3.43. The summed E-state index contributed by atoms with van der Waals surface area (Å²) >= 11 is 0. The van der Waals surface area contributed by atoms with Crippen molar-refractivity contribution in [3.63, 3.8) is 0 Å². The lowest BCUT2D eigenvalue weighted by Gasteiger charge is -2.08. The number of hydrogen-bond acceptors (Lipinski definition) is 1. The molecule has 0 heterocycles. The van der Waals surface area contributed by atoms with E-state index in [1.807, 2.05) is 0 Å². The molecule has 0 saturated heterocycles. The van der Waals surface area contributed by atoms with Crippen molar-refractivity contribution in [2.24, 2.45) is 5.92 Å². The van der Waals surface area contributed by atoms with Crippen LogP contribution in [0, 0.1) is 5.92 Å². The molecule has 1 aromatic carbocycles. The summed E-state index contributed by atoms with van der Waals surface area (Å²) < 4.78 is 37.1. The zero-order chi connectivity index (χ0) is 13.2. The molecule has 1 nitrogen and oxygen atoms in total. The smallest absolute Gasteiger partial charge is 0.310 e. The second-order valence-electron chi connectivity index (χ2n) is 4.97. The highest BCUT2D eigenvalue weighted by atomic mass is 19.4. The summed E-state index contributed by atoms with van der Waals surface area (Å²) in [4.78, 5) is 0. The first-order valence-corrected chi connectivity index (χ1v) is 6.40. The van der Waals surface area contributed by atoms with E-state index >= 15 is 0 Å². The second-order valence-corrected chi connectivity index (χ2v) is 4.97. The van der Waals surface area contributed by atoms with E-state index in [-0.39, 0.29) is 0 Å². The van der Waals surface area contributed by atoms with E-state index in [9.17, 15) is 13.2 Å². The molecule has 4 heteroatoms. The van der Waals surface area contributed by atoms with Crippen molar-refractivity contribution >= 4 is 0 Å². The van der Waals surface area contributed by atoms with Crippen LogP contribution >= 0.6 is 0 Å². The van der Waals surface area contributed by atoms with Crippen LogP contribution in [0.2, 0.25) is 0 Å². The standard InChI is InChI=1S/C14H18F3N/c1-2-3-11-8-13(11)18-9-10-4-6-12(7-5-10)14(15,16)17/h4-7,11,13,18H,2-3,8-9H2,1H3. The second kappa shape index (κ2) is 5.31. The quantitative estimate of drug-likeness (QED) is 0.841. The van der Waals surface area contributed by atoms with Crippen LogP contribution in [0.3, 0.4) is 0 Å². The van der Waals surface area contributed by atoms with Gasteiger partial charge in [0, 0.05) is 12.6 Å². The fourth-order valence-electron chi connectivity index (χ4n) is 2.25. The number of alkyl halides is 3. The van der Waals surface area contributed by atoms with Gasteiger partial charge >= 0.3 is 6.18 Å². The molecule has 1 fully saturated rings. The normalized spacial score (nSPS) is 23.1. The lowest BCUT2D eigenvalue weighted by molar-refractivity contribution is -0.137. The van der Waals surface area contributed by atoms with Crippen molar-refractivity contribution in [3.8, 4) is 0 Å². The average molecular weight is 257 g/mol. The van der Waals surface area contributed by atoms with Gasteiger partial charge in [-0.25, -0.2) is 0 Å². The Bertz CT molecular complexity index is 383. The van der Waals surface area contributed by atoms with Crippen LogP contribution in [0.4, 0.5) is 13.2 Å². The largest absolute Gasteiger partial charge is 0.416 e. The third-order valence-electron chi connectivity index (χ3n) is 3.43. The maximum atomic E-state index is 12.4. The molecule has 100 valence electrons. The summed E-state index contributed by atoms with van der Waals surface area (Å²) in [7, 11) is 0. The lowest BCUT2D eigenvalue weighted by atomic mass is 10.1. The number of halogens is 3.